The van der Waals surface area contributed by atoms with Crippen LogP contribution >= 0.6 is 11.6 Å². The van der Waals surface area contributed by atoms with Crippen LogP contribution < -0.4 is 0 Å². The van der Waals surface area contributed by atoms with Crippen LogP contribution in [0, 0.1) is 0 Å². The summed E-state index contributed by atoms with van der Waals surface area (Å²) in [4.78, 5) is 37.8. The smallest absolute Gasteiger partial charge is 0.335 e. The molecule has 128 valence electrons. The molecule has 1 N–H and O–H groups in total. The summed E-state index contributed by atoms with van der Waals surface area (Å²) >= 11 is 5.98. The quantitative estimate of drug-likeness (QED) is 0.915. The Kier molecular flexibility index (Phi) is 4.59. The summed E-state index contributed by atoms with van der Waals surface area (Å²) in [5.74, 6) is -1.30. The van der Waals surface area contributed by atoms with E-state index >= 15 is 0 Å². The Morgan fingerprint density at radius 3 is 2.52 bits per heavy atom. The van der Waals surface area contributed by atoms with Gasteiger partial charge in [0.25, 0.3) is 5.91 Å². The Labute approximate surface area is 149 Å². The van der Waals surface area contributed by atoms with Gasteiger partial charge in [0, 0.05) is 23.6 Å². The molecule has 1 aliphatic heterocycles. The van der Waals surface area contributed by atoms with Crippen molar-refractivity contribution in [1.82, 2.24) is 4.90 Å². The molecule has 0 bridgehead atoms. The number of fused-ring (bicyclic) bond motifs is 1. The minimum atomic E-state index is -1.01. The van der Waals surface area contributed by atoms with Crippen LogP contribution in [0.1, 0.15) is 38.8 Å². The zero-order valence-corrected chi connectivity index (χ0v) is 14.3. The molecule has 1 heterocycles. The fourth-order valence-corrected chi connectivity index (χ4v) is 3.11. The number of aromatic carboxylic acids is 1. The van der Waals surface area contributed by atoms with Gasteiger partial charge in [0.1, 0.15) is 0 Å². The first kappa shape index (κ1) is 17.2. The van der Waals surface area contributed by atoms with Crippen molar-refractivity contribution < 1.29 is 19.5 Å². The summed E-state index contributed by atoms with van der Waals surface area (Å²) in [5, 5.41) is 9.46. The van der Waals surface area contributed by atoms with Gasteiger partial charge in [-0.3, -0.25) is 9.59 Å². The van der Waals surface area contributed by atoms with Crippen LogP contribution in [0.2, 0.25) is 5.02 Å². The number of halogens is 1. The van der Waals surface area contributed by atoms with Crippen molar-refractivity contribution in [3.05, 3.63) is 69.7 Å². The van der Waals surface area contributed by atoms with E-state index in [0.29, 0.717) is 16.1 Å². The second-order valence-electron chi connectivity index (χ2n) is 6.06. The first-order valence-electron chi connectivity index (χ1n) is 7.81. The van der Waals surface area contributed by atoms with Crippen LogP contribution in [-0.4, -0.2) is 33.7 Å². The van der Waals surface area contributed by atoms with Crippen LogP contribution in [-0.2, 0) is 17.8 Å². The Bertz CT molecular complexity index is 860. The van der Waals surface area contributed by atoms with Gasteiger partial charge in [-0.1, -0.05) is 23.7 Å². The van der Waals surface area contributed by atoms with E-state index in [-0.39, 0.29) is 30.2 Å². The SMILES string of the molecule is C[C@H]1C(=O)Cc2cc(Cl)ccc2C(=O)N1Cc1ccc(C(=O)O)cc1. The molecule has 0 radical (unpaired) electrons. The summed E-state index contributed by atoms with van der Waals surface area (Å²) in [7, 11) is 0. The van der Waals surface area contributed by atoms with Crippen molar-refractivity contribution in [2.24, 2.45) is 0 Å². The lowest BCUT2D eigenvalue weighted by molar-refractivity contribution is -0.122. The van der Waals surface area contributed by atoms with E-state index in [1.54, 1.807) is 37.3 Å². The van der Waals surface area contributed by atoms with Gasteiger partial charge in [-0.25, -0.2) is 4.79 Å². The van der Waals surface area contributed by atoms with Gasteiger partial charge < -0.3 is 10.0 Å². The number of benzene rings is 2. The molecule has 1 amide bonds. The number of hydrogen-bond donors (Lipinski definition) is 1. The van der Waals surface area contributed by atoms with Gasteiger partial charge in [-0.05, 0) is 48.4 Å². The van der Waals surface area contributed by atoms with Gasteiger partial charge >= 0.3 is 5.97 Å². The van der Waals surface area contributed by atoms with Crippen molar-refractivity contribution in [2.45, 2.75) is 25.9 Å². The average molecular weight is 358 g/mol. The number of ketones is 1. The molecular weight excluding hydrogens is 342 g/mol. The highest BCUT2D eigenvalue weighted by Gasteiger charge is 2.32. The Hall–Kier alpha value is -2.66. The number of hydrogen-bond acceptors (Lipinski definition) is 3. The number of amides is 1. The standard InChI is InChI=1S/C19H16ClNO4/c1-11-17(22)9-14-8-15(20)6-7-16(14)18(23)21(11)10-12-2-4-13(5-3-12)19(24)25/h2-8,11H,9-10H2,1H3,(H,24,25)/t11-/m0/s1. The van der Waals surface area contributed by atoms with Crippen LogP contribution in [0.25, 0.3) is 0 Å². The lowest BCUT2D eigenvalue weighted by Gasteiger charge is -2.26. The molecule has 0 aliphatic carbocycles. The summed E-state index contributed by atoms with van der Waals surface area (Å²) < 4.78 is 0. The minimum Gasteiger partial charge on any atom is -0.478 e. The second-order valence-corrected chi connectivity index (χ2v) is 6.49. The lowest BCUT2D eigenvalue weighted by atomic mass is 10.0. The first-order valence-corrected chi connectivity index (χ1v) is 8.19. The van der Waals surface area contributed by atoms with Gasteiger partial charge in [0.15, 0.2) is 5.78 Å². The molecule has 0 saturated carbocycles. The zero-order valence-electron chi connectivity index (χ0n) is 13.5. The van der Waals surface area contributed by atoms with Crippen LogP contribution in [0.4, 0.5) is 0 Å². The number of rotatable bonds is 3. The predicted octanol–water partition coefficient (Wildman–Crippen LogP) is 3.19. The average Bonchev–Trinajstić information content (AvgIpc) is 2.66. The van der Waals surface area contributed by atoms with E-state index in [1.165, 1.54) is 17.0 Å². The molecule has 2 aromatic carbocycles. The highest BCUT2D eigenvalue weighted by Crippen LogP contribution is 2.25. The summed E-state index contributed by atoms with van der Waals surface area (Å²) in [6, 6.07) is 10.6. The van der Waals surface area contributed by atoms with Gasteiger partial charge in [0.05, 0.1) is 11.6 Å². The Morgan fingerprint density at radius 2 is 1.88 bits per heavy atom. The number of Topliss-reactive ketones (excluding diaryl/α,β-unsaturated/α-hetero) is 1. The second kappa shape index (κ2) is 6.69. The molecule has 3 rings (SSSR count). The summed E-state index contributed by atoms with van der Waals surface area (Å²) in [6.45, 7) is 1.94. The highest BCUT2D eigenvalue weighted by atomic mass is 35.5. The van der Waals surface area contributed by atoms with Gasteiger partial charge in [0.2, 0.25) is 0 Å². The van der Waals surface area contributed by atoms with Crippen molar-refractivity contribution in [3.8, 4) is 0 Å². The fourth-order valence-electron chi connectivity index (χ4n) is 2.92. The lowest BCUT2D eigenvalue weighted by Crippen LogP contribution is -2.41. The monoisotopic (exact) mass is 357 g/mol. The number of carbonyl (C=O) groups excluding carboxylic acids is 2. The number of carboxylic acids is 1. The summed E-state index contributed by atoms with van der Waals surface area (Å²) in [6.07, 6.45) is 0.164. The normalized spacial score (nSPS) is 17.2. The van der Waals surface area contributed by atoms with E-state index in [1.807, 2.05) is 0 Å². The van der Waals surface area contributed by atoms with Crippen molar-refractivity contribution >= 4 is 29.3 Å². The number of carbonyl (C=O) groups is 3. The first-order chi connectivity index (χ1) is 11.9. The molecule has 0 spiro atoms. The Morgan fingerprint density at radius 1 is 1.20 bits per heavy atom. The largest absolute Gasteiger partial charge is 0.478 e. The van der Waals surface area contributed by atoms with Crippen LogP contribution in [0.3, 0.4) is 0 Å². The molecule has 0 unspecified atom stereocenters. The molecule has 0 saturated heterocycles. The van der Waals surface area contributed by atoms with Crippen molar-refractivity contribution in [2.75, 3.05) is 0 Å². The topological polar surface area (TPSA) is 74.7 Å². The van der Waals surface area contributed by atoms with E-state index in [4.69, 9.17) is 16.7 Å². The third-order valence-corrected chi connectivity index (χ3v) is 4.65. The maximum atomic E-state index is 12.9. The zero-order chi connectivity index (χ0) is 18.1. The minimum absolute atomic E-state index is 0.0588. The number of carboxylic acid groups (broad SMARTS) is 1. The third kappa shape index (κ3) is 3.42. The Balaban J connectivity index is 1.93. The molecule has 2 aromatic rings. The molecule has 0 aromatic heterocycles. The van der Waals surface area contributed by atoms with Crippen molar-refractivity contribution in [3.63, 3.8) is 0 Å². The molecule has 1 atom stereocenters. The van der Waals surface area contributed by atoms with E-state index in [2.05, 4.69) is 0 Å². The maximum absolute atomic E-state index is 12.9. The van der Waals surface area contributed by atoms with Crippen LogP contribution in [0.5, 0.6) is 0 Å². The maximum Gasteiger partial charge on any atom is 0.335 e. The molecular formula is C19H16ClNO4. The van der Waals surface area contributed by atoms with Gasteiger partial charge in [-0.2, -0.15) is 0 Å². The highest BCUT2D eigenvalue weighted by molar-refractivity contribution is 6.30. The molecule has 0 fully saturated rings. The van der Waals surface area contributed by atoms with E-state index in [0.717, 1.165) is 5.56 Å². The van der Waals surface area contributed by atoms with Crippen molar-refractivity contribution in [1.29, 1.82) is 0 Å². The van der Waals surface area contributed by atoms with E-state index in [9.17, 15) is 14.4 Å². The molecule has 6 heteroatoms. The van der Waals surface area contributed by atoms with Crippen LogP contribution in [0.15, 0.2) is 42.5 Å². The molecule has 5 nitrogen and oxygen atoms in total. The van der Waals surface area contributed by atoms with E-state index < -0.39 is 12.0 Å². The third-order valence-electron chi connectivity index (χ3n) is 4.41. The predicted molar refractivity (Wildman–Crippen MR) is 92.9 cm³/mol. The summed E-state index contributed by atoms with van der Waals surface area (Å²) in [5.41, 5.74) is 2.05. The molecule has 25 heavy (non-hydrogen) atoms. The number of nitrogens with zero attached hydrogens (tertiary/aromatic N) is 1. The molecule has 1 aliphatic rings. The van der Waals surface area contributed by atoms with Gasteiger partial charge in [-0.15, -0.1) is 0 Å². The fraction of sp³-hybridized carbons (Fsp3) is 0.211.